The van der Waals surface area contributed by atoms with E-state index >= 15 is 0 Å². The monoisotopic (exact) mass is 352 g/mol. The smallest absolute Gasteiger partial charge is 0.224 e. The maximum atomic E-state index is 12.5. The Kier molecular flexibility index (Phi) is 6.06. The number of aryl methyl sites for hydroxylation is 2. The van der Waals surface area contributed by atoms with Gasteiger partial charge in [-0.2, -0.15) is 0 Å². The topological polar surface area (TPSA) is 91.1 Å². The summed E-state index contributed by atoms with van der Waals surface area (Å²) in [4.78, 5) is 20.7. The summed E-state index contributed by atoms with van der Waals surface area (Å²) in [7, 11) is 0. The Morgan fingerprint density at radius 1 is 1.28 bits per heavy atom. The predicted molar refractivity (Wildman–Crippen MR) is 91.0 cm³/mol. The molecule has 0 bridgehead atoms. The highest BCUT2D eigenvalue weighted by Crippen LogP contribution is 2.17. The second-order valence-corrected chi connectivity index (χ2v) is 6.72. The molecular weight excluding hydrogens is 324 g/mol. The van der Waals surface area contributed by atoms with Crippen LogP contribution in [0.5, 0.6) is 0 Å². The fourth-order valence-corrected chi connectivity index (χ4v) is 3.62. The van der Waals surface area contributed by atoms with Crippen LogP contribution in [0.1, 0.15) is 19.2 Å². The third kappa shape index (κ3) is 4.20. The largest absolute Gasteiger partial charge is 0.389 e. The van der Waals surface area contributed by atoms with E-state index in [1.54, 1.807) is 6.20 Å². The van der Waals surface area contributed by atoms with E-state index < -0.39 is 12.2 Å². The summed E-state index contributed by atoms with van der Waals surface area (Å²) in [6.07, 6.45) is 3.40. The molecule has 1 aromatic rings. The lowest BCUT2D eigenvalue weighted by molar-refractivity contribution is -0.145. The van der Waals surface area contributed by atoms with Gasteiger partial charge in [-0.05, 0) is 0 Å². The number of carbonyl (C=O) groups is 1. The Morgan fingerprint density at radius 2 is 2.04 bits per heavy atom. The molecule has 25 heavy (non-hydrogen) atoms. The number of aromatic nitrogens is 2. The van der Waals surface area contributed by atoms with Gasteiger partial charge in [-0.25, -0.2) is 4.98 Å². The molecule has 2 fully saturated rings. The number of piperazine rings is 1. The fourth-order valence-electron chi connectivity index (χ4n) is 3.62. The van der Waals surface area contributed by atoms with E-state index in [0.717, 1.165) is 12.2 Å². The third-order valence-electron chi connectivity index (χ3n) is 5.19. The maximum Gasteiger partial charge on any atom is 0.224 e. The molecule has 8 nitrogen and oxygen atoms in total. The van der Waals surface area contributed by atoms with E-state index in [-0.39, 0.29) is 18.6 Å². The molecule has 0 saturated carbocycles. The van der Waals surface area contributed by atoms with Crippen LogP contribution in [-0.2, 0) is 22.5 Å². The molecule has 3 atom stereocenters. The Labute approximate surface area is 148 Å². The number of ether oxygens (including phenoxy) is 1. The number of aliphatic hydroxyl groups excluding tert-OH is 2. The first-order valence-corrected chi connectivity index (χ1v) is 9.06. The molecule has 1 aromatic heterocycles. The minimum atomic E-state index is -0.832. The van der Waals surface area contributed by atoms with E-state index in [0.29, 0.717) is 45.8 Å². The van der Waals surface area contributed by atoms with Crippen LogP contribution in [0.3, 0.4) is 0 Å². The van der Waals surface area contributed by atoms with Crippen molar-refractivity contribution in [3.8, 4) is 0 Å². The summed E-state index contributed by atoms with van der Waals surface area (Å²) in [5.74, 6) is 1.15. The number of rotatable bonds is 5. The highest BCUT2D eigenvalue weighted by atomic mass is 16.5. The minimum absolute atomic E-state index is 0.149. The minimum Gasteiger partial charge on any atom is -0.389 e. The predicted octanol–water partition coefficient (Wildman–Crippen LogP) is -0.900. The lowest BCUT2D eigenvalue weighted by Crippen LogP contribution is -2.60. The van der Waals surface area contributed by atoms with Crippen LogP contribution in [0.2, 0.25) is 0 Å². The van der Waals surface area contributed by atoms with Gasteiger partial charge in [0.25, 0.3) is 0 Å². The first kappa shape index (κ1) is 18.3. The van der Waals surface area contributed by atoms with E-state index in [1.807, 2.05) is 15.7 Å². The van der Waals surface area contributed by atoms with E-state index in [1.165, 1.54) is 0 Å². The summed E-state index contributed by atoms with van der Waals surface area (Å²) < 4.78 is 7.39. The third-order valence-corrected chi connectivity index (χ3v) is 5.19. The summed E-state index contributed by atoms with van der Waals surface area (Å²) in [6.45, 7) is 5.98. The van der Waals surface area contributed by atoms with Gasteiger partial charge in [-0.3, -0.25) is 9.69 Å². The van der Waals surface area contributed by atoms with Gasteiger partial charge in [-0.15, -0.1) is 0 Å². The van der Waals surface area contributed by atoms with Crippen molar-refractivity contribution in [1.29, 1.82) is 0 Å². The Balaban J connectivity index is 1.46. The first-order valence-electron chi connectivity index (χ1n) is 9.06. The average Bonchev–Trinajstić information content (AvgIpc) is 3.10. The van der Waals surface area contributed by atoms with Crippen molar-refractivity contribution in [1.82, 2.24) is 19.4 Å². The van der Waals surface area contributed by atoms with Gasteiger partial charge in [0.2, 0.25) is 5.91 Å². The zero-order valence-corrected chi connectivity index (χ0v) is 14.8. The number of aliphatic hydroxyl groups is 2. The molecule has 3 rings (SSSR count). The zero-order valence-electron chi connectivity index (χ0n) is 14.8. The van der Waals surface area contributed by atoms with Gasteiger partial charge < -0.3 is 24.4 Å². The van der Waals surface area contributed by atoms with Crippen LogP contribution in [0.25, 0.3) is 0 Å². The van der Waals surface area contributed by atoms with Gasteiger partial charge in [0, 0.05) is 58.0 Å². The van der Waals surface area contributed by atoms with Crippen molar-refractivity contribution in [2.45, 2.75) is 44.6 Å². The summed E-state index contributed by atoms with van der Waals surface area (Å²) in [5.41, 5.74) is 0. The second-order valence-electron chi connectivity index (χ2n) is 6.72. The van der Waals surface area contributed by atoms with E-state index in [9.17, 15) is 15.0 Å². The standard InChI is InChI=1S/C17H28N4O4/c1-2-15-18-4-6-20(15)5-3-16(23)21-9-7-19(8-10-21)13-11-25-12-14(22)17(13)24/h4,6,13-14,17,22,24H,2-3,5,7-12H2,1H3/t13-,14-,17+/m1/s1. The highest BCUT2D eigenvalue weighted by Gasteiger charge is 2.36. The van der Waals surface area contributed by atoms with Gasteiger partial charge in [0.15, 0.2) is 0 Å². The maximum absolute atomic E-state index is 12.5. The number of hydrogen-bond acceptors (Lipinski definition) is 6. The molecule has 2 aliphatic rings. The molecule has 2 N–H and O–H groups in total. The summed E-state index contributed by atoms with van der Waals surface area (Å²) >= 11 is 0. The molecule has 1 amide bonds. The molecule has 0 unspecified atom stereocenters. The van der Waals surface area contributed by atoms with Crippen molar-refractivity contribution in [3.05, 3.63) is 18.2 Å². The fraction of sp³-hybridized carbons (Fsp3) is 0.765. The molecule has 8 heteroatoms. The molecule has 3 heterocycles. The zero-order chi connectivity index (χ0) is 17.8. The SMILES string of the molecule is CCc1nccn1CCC(=O)N1CCN([C@@H]2COC[C@@H](O)[C@H]2O)CC1. The number of amides is 1. The number of nitrogens with zero attached hydrogens (tertiary/aromatic N) is 4. The van der Waals surface area contributed by atoms with Gasteiger partial charge in [0.1, 0.15) is 11.9 Å². The highest BCUT2D eigenvalue weighted by molar-refractivity contribution is 5.76. The van der Waals surface area contributed by atoms with Gasteiger partial charge >= 0.3 is 0 Å². The summed E-state index contributed by atoms with van der Waals surface area (Å²) in [6, 6.07) is -0.195. The number of hydrogen-bond donors (Lipinski definition) is 2. The molecular formula is C17H28N4O4. The molecule has 2 saturated heterocycles. The van der Waals surface area contributed by atoms with Crippen molar-refractivity contribution < 1.29 is 19.7 Å². The lowest BCUT2D eigenvalue weighted by atomic mass is 10.0. The molecule has 0 aromatic carbocycles. The second kappa shape index (κ2) is 8.27. The Bertz CT molecular complexity index is 571. The van der Waals surface area contributed by atoms with Crippen LogP contribution in [0.15, 0.2) is 12.4 Å². The van der Waals surface area contributed by atoms with Crippen molar-refractivity contribution in [2.24, 2.45) is 0 Å². The van der Waals surface area contributed by atoms with Crippen LogP contribution >= 0.6 is 0 Å². The average molecular weight is 352 g/mol. The van der Waals surface area contributed by atoms with E-state index in [4.69, 9.17) is 4.74 Å². The molecule has 140 valence electrons. The quantitative estimate of drug-likeness (QED) is 0.714. The Morgan fingerprint density at radius 3 is 2.76 bits per heavy atom. The number of imidazole rings is 1. The van der Waals surface area contributed by atoms with Crippen LogP contribution in [0.4, 0.5) is 0 Å². The van der Waals surface area contributed by atoms with Crippen LogP contribution in [-0.4, -0.2) is 93.1 Å². The van der Waals surface area contributed by atoms with Crippen LogP contribution in [0, 0.1) is 0 Å². The van der Waals surface area contributed by atoms with Crippen molar-refractivity contribution >= 4 is 5.91 Å². The van der Waals surface area contributed by atoms with Gasteiger partial charge in [-0.1, -0.05) is 6.92 Å². The molecule has 0 radical (unpaired) electrons. The summed E-state index contributed by atoms with van der Waals surface area (Å²) in [5, 5.41) is 19.9. The normalized spacial score (nSPS) is 28.3. The van der Waals surface area contributed by atoms with Crippen LogP contribution < -0.4 is 0 Å². The van der Waals surface area contributed by atoms with Crippen molar-refractivity contribution in [2.75, 3.05) is 39.4 Å². The number of carbonyl (C=O) groups excluding carboxylic acids is 1. The molecule has 0 aliphatic carbocycles. The molecule has 2 aliphatic heterocycles. The lowest BCUT2D eigenvalue weighted by Gasteiger charge is -2.43. The Hall–Kier alpha value is -1.48. The molecule has 0 spiro atoms. The van der Waals surface area contributed by atoms with Gasteiger partial charge in [0.05, 0.1) is 25.4 Å². The van der Waals surface area contributed by atoms with E-state index in [2.05, 4.69) is 16.8 Å². The first-order chi connectivity index (χ1) is 12.1. The van der Waals surface area contributed by atoms with Crippen molar-refractivity contribution in [3.63, 3.8) is 0 Å².